The maximum atomic E-state index is 11.6. The number of nitrogens with one attached hydrogen (secondary N) is 1. The van der Waals surface area contributed by atoms with Crippen molar-refractivity contribution < 1.29 is 13.5 Å². The number of rotatable bonds is 5. The normalized spacial score (nSPS) is 31.2. The van der Waals surface area contributed by atoms with E-state index in [2.05, 4.69) is 19.2 Å². The molecule has 2 unspecified atom stereocenters. The summed E-state index contributed by atoms with van der Waals surface area (Å²) in [5, 5.41) is 12.9. The first-order valence-electron chi connectivity index (χ1n) is 5.87. The molecule has 0 aromatic heterocycles. The zero-order chi connectivity index (χ0) is 12.4. The van der Waals surface area contributed by atoms with Gasteiger partial charge in [0.15, 0.2) is 9.84 Å². The maximum absolute atomic E-state index is 11.6. The Morgan fingerprint density at radius 1 is 1.50 bits per heavy atom. The smallest absolute Gasteiger partial charge is 0.153 e. The Bertz CT molecular complexity index is 326. The summed E-state index contributed by atoms with van der Waals surface area (Å²) in [6.07, 6.45) is 3.17. The molecule has 0 aliphatic heterocycles. The summed E-state index contributed by atoms with van der Waals surface area (Å²) < 4.78 is 23.1. The lowest BCUT2D eigenvalue weighted by Crippen LogP contribution is -2.50. The van der Waals surface area contributed by atoms with Gasteiger partial charge in [0.05, 0.1) is 10.9 Å². The van der Waals surface area contributed by atoms with Crippen LogP contribution < -0.4 is 5.32 Å². The van der Waals surface area contributed by atoms with E-state index in [1.54, 1.807) is 0 Å². The molecule has 1 aliphatic rings. The Morgan fingerprint density at radius 3 is 2.62 bits per heavy atom. The molecule has 1 rings (SSSR count). The average Bonchev–Trinajstić information content (AvgIpc) is 2.45. The molecule has 1 aliphatic carbocycles. The van der Waals surface area contributed by atoms with Gasteiger partial charge in [-0.2, -0.15) is 0 Å². The van der Waals surface area contributed by atoms with Crippen LogP contribution in [0.5, 0.6) is 0 Å². The second-order valence-electron chi connectivity index (χ2n) is 5.34. The molecular weight excluding hydrogens is 226 g/mol. The lowest BCUT2D eigenvalue weighted by atomic mass is 10.0. The monoisotopic (exact) mass is 249 g/mol. The first-order chi connectivity index (χ1) is 7.26. The Balaban J connectivity index is 2.61. The van der Waals surface area contributed by atoms with E-state index in [0.717, 1.165) is 13.0 Å². The minimum absolute atomic E-state index is 0.378. The van der Waals surface area contributed by atoms with Crippen LogP contribution in [0.3, 0.4) is 0 Å². The van der Waals surface area contributed by atoms with Crippen LogP contribution in [0.25, 0.3) is 0 Å². The average molecular weight is 249 g/mol. The Labute approximate surface area is 98.4 Å². The zero-order valence-electron chi connectivity index (χ0n) is 10.4. The van der Waals surface area contributed by atoms with E-state index in [1.165, 1.54) is 6.26 Å². The number of hydrogen-bond acceptors (Lipinski definition) is 4. The number of aliphatic hydroxyl groups is 1. The molecule has 2 N–H and O–H groups in total. The van der Waals surface area contributed by atoms with Gasteiger partial charge < -0.3 is 10.4 Å². The van der Waals surface area contributed by atoms with Crippen molar-refractivity contribution in [1.82, 2.24) is 5.32 Å². The van der Waals surface area contributed by atoms with Crippen LogP contribution in [0.1, 0.15) is 33.1 Å². The van der Waals surface area contributed by atoms with E-state index in [9.17, 15) is 13.5 Å². The van der Waals surface area contributed by atoms with Gasteiger partial charge in [0.1, 0.15) is 0 Å². The first kappa shape index (κ1) is 13.9. The molecule has 1 saturated carbocycles. The Kier molecular flexibility index (Phi) is 4.37. The van der Waals surface area contributed by atoms with Gasteiger partial charge in [0, 0.05) is 12.8 Å². The summed E-state index contributed by atoms with van der Waals surface area (Å²) >= 11 is 0. The third-order valence-electron chi connectivity index (χ3n) is 3.18. The van der Waals surface area contributed by atoms with Crippen LogP contribution in [0, 0.1) is 5.92 Å². The molecule has 1 fully saturated rings. The predicted molar refractivity (Wildman–Crippen MR) is 65.1 cm³/mol. The molecule has 5 heteroatoms. The molecule has 0 spiro atoms. The van der Waals surface area contributed by atoms with Gasteiger partial charge in [-0.05, 0) is 31.7 Å². The van der Waals surface area contributed by atoms with Crippen LogP contribution in [-0.4, -0.2) is 43.7 Å². The van der Waals surface area contributed by atoms with Gasteiger partial charge in [-0.25, -0.2) is 8.42 Å². The van der Waals surface area contributed by atoms with Gasteiger partial charge in [0.25, 0.3) is 0 Å². The molecule has 0 amide bonds. The largest absolute Gasteiger partial charge is 0.387 e. The Morgan fingerprint density at radius 2 is 2.12 bits per heavy atom. The van der Waals surface area contributed by atoms with Gasteiger partial charge in [-0.3, -0.25) is 0 Å². The highest BCUT2D eigenvalue weighted by Gasteiger charge is 2.46. The molecule has 96 valence electrons. The zero-order valence-corrected chi connectivity index (χ0v) is 11.2. The molecule has 0 heterocycles. The van der Waals surface area contributed by atoms with E-state index in [-0.39, 0.29) is 0 Å². The van der Waals surface area contributed by atoms with Gasteiger partial charge in [0.2, 0.25) is 0 Å². The fourth-order valence-electron chi connectivity index (χ4n) is 2.42. The highest BCUT2D eigenvalue weighted by atomic mass is 32.2. The fourth-order valence-corrected chi connectivity index (χ4v) is 4.01. The highest BCUT2D eigenvalue weighted by Crippen LogP contribution is 2.34. The summed E-state index contributed by atoms with van der Waals surface area (Å²) in [6, 6.07) is 0. The van der Waals surface area contributed by atoms with E-state index in [4.69, 9.17) is 0 Å². The molecule has 0 radical (unpaired) electrons. The number of hydrogen-bond donors (Lipinski definition) is 2. The van der Waals surface area contributed by atoms with Crippen molar-refractivity contribution in [2.45, 2.75) is 44.0 Å². The van der Waals surface area contributed by atoms with Crippen LogP contribution >= 0.6 is 0 Å². The molecule has 0 aromatic rings. The minimum atomic E-state index is -3.15. The SMILES string of the molecule is CC(C)CNCC1(O)CCCC1S(C)(=O)=O. The molecular formula is C11H23NO3S. The highest BCUT2D eigenvalue weighted by molar-refractivity contribution is 7.91. The van der Waals surface area contributed by atoms with Crippen molar-refractivity contribution in [2.75, 3.05) is 19.3 Å². The predicted octanol–water partition coefficient (Wildman–Crippen LogP) is 0.560. The first-order valence-corrected chi connectivity index (χ1v) is 7.83. The third-order valence-corrected chi connectivity index (χ3v) is 4.88. The fraction of sp³-hybridized carbons (Fsp3) is 1.00. The molecule has 4 nitrogen and oxygen atoms in total. The molecule has 0 aromatic carbocycles. The van der Waals surface area contributed by atoms with Crippen molar-refractivity contribution >= 4 is 9.84 Å². The third kappa shape index (κ3) is 3.43. The summed E-state index contributed by atoms with van der Waals surface area (Å²) in [6.45, 7) is 5.35. The van der Waals surface area contributed by atoms with Gasteiger partial charge >= 0.3 is 0 Å². The second-order valence-corrected chi connectivity index (χ2v) is 7.57. The van der Waals surface area contributed by atoms with Crippen LogP contribution in [0.4, 0.5) is 0 Å². The van der Waals surface area contributed by atoms with E-state index < -0.39 is 20.7 Å². The Hall–Kier alpha value is -0.130. The van der Waals surface area contributed by atoms with E-state index in [1.807, 2.05) is 0 Å². The molecule has 16 heavy (non-hydrogen) atoms. The summed E-state index contributed by atoms with van der Waals surface area (Å²) in [4.78, 5) is 0. The van der Waals surface area contributed by atoms with E-state index >= 15 is 0 Å². The number of sulfone groups is 1. The summed E-state index contributed by atoms with van der Waals surface area (Å²) in [5.41, 5.74) is -1.07. The molecule has 0 saturated heterocycles. The topological polar surface area (TPSA) is 66.4 Å². The van der Waals surface area contributed by atoms with Crippen LogP contribution in [-0.2, 0) is 9.84 Å². The van der Waals surface area contributed by atoms with Crippen molar-refractivity contribution in [3.63, 3.8) is 0 Å². The summed E-state index contributed by atoms with van der Waals surface area (Å²) in [7, 11) is -3.15. The van der Waals surface area contributed by atoms with Crippen molar-refractivity contribution in [3.8, 4) is 0 Å². The standard InChI is InChI=1S/C11H23NO3S/c1-9(2)7-12-8-11(13)6-4-5-10(11)16(3,14)15/h9-10,12-13H,4-8H2,1-3H3. The van der Waals surface area contributed by atoms with Crippen molar-refractivity contribution in [1.29, 1.82) is 0 Å². The minimum Gasteiger partial charge on any atom is -0.387 e. The van der Waals surface area contributed by atoms with E-state index in [0.29, 0.717) is 25.3 Å². The van der Waals surface area contributed by atoms with Crippen LogP contribution in [0.2, 0.25) is 0 Å². The lowest BCUT2D eigenvalue weighted by Gasteiger charge is -2.29. The van der Waals surface area contributed by atoms with Crippen molar-refractivity contribution in [3.05, 3.63) is 0 Å². The molecule has 0 bridgehead atoms. The van der Waals surface area contributed by atoms with Gasteiger partial charge in [-0.1, -0.05) is 13.8 Å². The van der Waals surface area contributed by atoms with Gasteiger partial charge in [-0.15, -0.1) is 0 Å². The maximum Gasteiger partial charge on any atom is 0.153 e. The molecule has 2 atom stereocenters. The quantitative estimate of drug-likeness (QED) is 0.747. The summed E-state index contributed by atoms with van der Waals surface area (Å²) in [5.74, 6) is 0.502. The second kappa shape index (κ2) is 5.02. The van der Waals surface area contributed by atoms with Crippen molar-refractivity contribution in [2.24, 2.45) is 5.92 Å². The lowest BCUT2D eigenvalue weighted by molar-refractivity contribution is 0.0503. The van der Waals surface area contributed by atoms with Crippen LogP contribution in [0.15, 0.2) is 0 Å².